The highest BCUT2D eigenvalue weighted by molar-refractivity contribution is 5.93. The van der Waals surface area contributed by atoms with Crippen LogP contribution in [0.1, 0.15) is 53.6 Å². The minimum atomic E-state index is -0.747. The number of amides is 1. The van der Waals surface area contributed by atoms with Gasteiger partial charge in [0.05, 0.1) is 6.42 Å². The van der Waals surface area contributed by atoms with Crippen molar-refractivity contribution in [2.45, 2.75) is 44.7 Å². The summed E-state index contributed by atoms with van der Waals surface area (Å²) < 4.78 is 2.10. The SMILES string of the molecule is CC(CC(=O)O)N1CCC(c2ccnc3c2ccn3Cc2ccc(C(=O)NO)cc2)CC1. The number of hydrogen-bond acceptors (Lipinski definition) is 5. The number of hydroxylamine groups is 1. The zero-order chi connectivity index (χ0) is 22.7. The molecule has 8 heteroatoms. The van der Waals surface area contributed by atoms with Crippen LogP contribution in [0.4, 0.5) is 0 Å². The number of benzene rings is 1. The molecule has 2 aromatic heterocycles. The van der Waals surface area contributed by atoms with Gasteiger partial charge in [-0.2, -0.15) is 0 Å². The maximum Gasteiger partial charge on any atom is 0.304 e. The van der Waals surface area contributed by atoms with E-state index in [1.165, 1.54) is 5.56 Å². The molecule has 8 nitrogen and oxygen atoms in total. The summed E-state index contributed by atoms with van der Waals surface area (Å²) in [4.78, 5) is 29.4. The largest absolute Gasteiger partial charge is 0.481 e. The van der Waals surface area contributed by atoms with Crippen LogP contribution in [-0.4, -0.2) is 55.8 Å². The van der Waals surface area contributed by atoms with Crippen LogP contribution >= 0.6 is 0 Å². The standard InChI is InChI=1S/C24H28N4O4/c1-16(14-22(29)30)27-11-7-18(8-12-27)20-6-10-25-23-21(20)9-13-28(23)15-17-2-4-19(5-3-17)24(31)26-32/h2-6,9-10,13,16,18,32H,7-8,11-12,14-15H2,1H3,(H,26,31)(H,29,30). The molecule has 1 amide bonds. The maximum absolute atomic E-state index is 11.5. The molecule has 4 rings (SSSR count). The number of fused-ring (bicyclic) bond motifs is 1. The number of pyridine rings is 1. The molecule has 32 heavy (non-hydrogen) atoms. The van der Waals surface area contributed by atoms with Crippen LogP contribution in [-0.2, 0) is 11.3 Å². The second-order valence-corrected chi connectivity index (χ2v) is 8.48. The average Bonchev–Trinajstić information content (AvgIpc) is 3.21. The summed E-state index contributed by atoms with van der Waals surface area (Å²) in [6.07, 6.45) is 6.09. The Morgan fingerprint density at radius 2 is 1.88 bits per heavy atom. The highest BCUT2D eigenvalue weighted by atomic mass is 16.5. The van der Waals surface area contributed by atoms with Gasteiger partial charge in [-0.05, 0) is 74.2 Å². The van der Waals surface area contributed by atoms with Crippen LogP contribution in [0.2, 0.25) is 0 Å². The first-order chi connectivity index (χ1) is 15.5. The summed E-state index contributed by atoms with van der Waals surface area (Å²) in [6, 6.07) is 11.4. The number of piperidine rings is 1. The Morgan fingerprint density at radius 3 is 2.53 bits per heavy atom. The van der Waals surface area contributed by atoms with E-state index in [2.05, 4.69) is 26.6 Å². The van der Waals surface area contributed by atoms with Gasteiger partial charge in [0.25, 0.3) is 5.91 Å². The zero-order valence-corrected chi connectivity index (χ0v) is 18.1. The molecule has 3 heterocycles. The molecule has 168 valence electrons. The third-order valence-electron chi connectivity index (χ3n) is 6.43. The molecule has 1 saturated heterocycles. The fourth-order valence-electron chi connectivity index (χ4n) is 4.65. The topological polar surface area (TPSA) is 108 Å². The van der Waals surface area contributed by atoms with Crippen molar-refractivity contribution in [3.8, 4) is 0 Å². The number of aromatic nitrogens is 2. The van der Waals surface area contributed by atoms with Crippen molar-refractivity contribution in [2.24, 2.45) is 0 Å². The number of nitrogens with one attached hydrogen (secondary N) is 1. The summed E-state index contributed by atoms with van der Waals surface area (Å²) in [7, 11) is 0. The number of hydrogen-bond donors (Lipinski definition) is 3. The molecule has 1 atom stereocenters. The van der Waals surface area contributed by atoms with E-state index in [1.54, 1.807) is 17.6 Å². The normalized spacial score (nSPS) is 16.2. The van der Waals surface area contributed by atoms with Gasteiger partial charge in [-0.3, -0.25) is 14.8 Å². The molecule has 3 aromatic rings. The van der Waals surface area contributed by atoms with E-state index in [9.17, 15) is 9.59 Å². The molecule has 0 radical (unpaired) electrons. The van der Waals surface area contributed by atoms with Crippen LogP contribution in [0.5, 0.6) is 0 Å². The molecule has 1 fully saturated rings. The second kappa shape index (κ2) is 9.50. The van der Waals surface area contributed by atoms with Crippen LogP contribution in [0, 0.1) is 0 Å². The monoisotopic (exact) mass is 436 g/mol. The average molecular weight is 437 g/mol. The van der Waals surface area contributed by atoms with Gasteiger partial charge < -0.3 is 14.6 Å². The number of carboxylic acids is 1. The Labute approximate surface area is 186 Å². The predicted molar refractivity (Wildman–Crippen MR) is 120 cm³/mol. The van der Waals surface area contributed by atoms with Crippen LogP contribution in [0.3, 0.4) is 0 Å². The number of nitrogens with zero attached hydrogens (tertiary/aromatic N) is 3. The minimum Gasteiger partial charge on any atom is -0.481 e. The lowest BCUT2D eigenvalue weighted by molar-refractivity contribution is -0.138. The number of carbonyl (C=O) groups excluding carboxylic acids is 1. The lowest BCUT2D eigenvalue weighted by atomic mass is 9.87. The van der Waals surface area contributed by atoms with E-state index in [1.807, 2.05) is 31.5 Å². The van der Waals surface area contributed by atoms with Crippen molar-refractivity contribution >= 4 is 22.9 Å². The lowest BCUT2D eigenvalue weighted by Crippen LogP contribution is -2.40. The van der Waals surface area contributed by atoms with Crippen molar-refractivity contribution in [1.82, 2.24) is 19.9 Å². The third kappa shape index (κ3) is 4.66. The van der Waals surface area contributed by atoms with Gasteiger partial charge in [0.2, 0.25) is 0 Å². The number of rotatable bonds is 7. The van der Waals surface area contributed by atoms with E-state index in [0.717, 1.165) is 42.5 Å². The van der Waals surface area contributed by atoms with Gasteiger partial charge in [0, 0.05) is 35.9 Å². The number of carboxylic acid groups (broad SMARTS) is 1. The molecule has 1 aromatic carbocycles. The highest BCUT2D eigenvalue weighted by Gasteiger charge is 2.26. The minimum absolute atomic E-state index is 0.0573. The van der Waals surface area contributed by atoms with Gasteiger partial charge in [-0.25, -0.2) is 10.5 Å². The predicted octanol–water partition coefficient (Wildman–Crippen LogP) is 3.25. The van der Waals surface area contributed by atoms with Crippen molar-refractivity contribution in [2.75, 3.05) is 13.1 Å². The molecule has 1 aliphatic rings. The summed E-state index contributed by atoms with van der Waals surface area (Å²) >= 11 is 0. The molecular formula is C24H28N4O4. The molecular weight excluding hydrogens is 408 g/mol. The number of carbonyl (C=O) groups is 2. The quantitative estimate of drug-likeness (QED) is 0.388. The summed E-state index contributed by atoms with van der Waals surface area (Å²) in [5.74, 6) is -0.846. The molecule has 1 unspecified atom stereocenters. The van der Waals surface area contributed by atoms with E-state index >= 15 is 0 Å². The van der Waals surface area contributed by atoms with Crippen molar-refractivity contribution in [3.05, 3.63) is 65.5 Å². The highest BCUT2D eigenvalue weighted by Crippen LogP contribution is 2.33. The zero-order valence-electron chi connectivity index (χ0n) is 18.1. The molecule has 0 bridgehead atoms. The van der Waals surface area contributed by atoms with Crippen LogP contribution in [0.25, 0.3) is 11.0 Å². The molecule has 3 N–H and O–H groups in total. The second-order valence-electron chi connectivity index (χ2n) is 8.48. The number of aliphatic carboxylic acids is 1. The van der Waals surface area contributed by atoms with Crippen molar-refractivity contribution in [1.29, 1.82) is 0 Å². The molecule has 1 aliphatic heterocycles. The third-order valence-corrected chi connectivity index (χ3v) is 6.43. The maximum atomic E-state index is 11.5. The first kappa shape index (κ1) is 22.0. The van der Waals surface area contributed by atoms with Crippen LogP contribution in [0.15, 0.2) is 48.8 Å². The Morgan fingerprint density at radius 1 is 1.16 bits per heavy atom. The summed E-state index contributed by atoms with van der Waals surface area (Å²) in [5.41, 5.74) is 5.31. The Bertz CT molecular complexity index is 1100. The van der Waals surface area contributed by atoms with Gasteiger partial charge in [-0.15, -0.1) is 0 Å². The van der Waals surface area contributed by atoms with Gasteiger partial charge >= 0.3 is 5.97 Å². The lowest BCUT2D eigenvalue weighted by Gasteiger charge is -2.35. The van der Waals surface area contributed by atoms with E-state index in [4.69, 9.17) is 10.3 Å². The van der Waals surface area contributed by atoms with Gasteiger partial charge in [0.15, 0.2) is 0 Å². The molecule has 0 saturated carbocycles. The number of likely N-dealkylation sites (tertiary alicyclic amines) is 1. The Balaban J connectivity index is 1.48. The molecule has 0 spiro atoms. The first-order valence-electron chi connectivity index (χ1n) is 10.9. The van der Waals surface area contributed by atoms with E-state index in [0.29, 0.717) is 18.0 Å². The van der Waals surface area contributed by atoms with E-state index < -0.39 is 11.9 Å². The van der Waals surface area contributed by atoms with Crippen molar-refractivity contribution < 1.29 is 19.9 Å². The summed E-state index contributed by atoms with van der Waals surface area (Å²) in [6.45, 7) is 4.42. The Kier molecular flexibility index (Phi) is 6.53. The fourth-order valence-corrected chi connectivity index (χ4v) is 4.65. The van der Waals surface area contributed by atoms with Crippen LogP contribution < -0.4 is 5.48 Å². The Hall–Kier alpha value is -3.23. The van der Waals surface area contributed by atoms with Gasteiger partial charge in [0.1, 0.15) is 5.65 Å². The van der Waals surface area contributed by atoms with Gasteiger partial charge in [-0.1, -0.05) is 12.1 Å². The molecule has 0 aliphatic carbocycles. The smallest absolute Gasteiger partial charge is 0.304 e. The van der Waals surface area contributed by atoms with E-state index in [-0.39, 0.29) is 12.5 Å². The summed E-state index contributed by atoms with van der Waals surface area (Å²) in [5, 5.41) is 19.0. The first-order valence-corrected chi connectivity index (χ1v) is 10.9. The fraction of sp³-hybridized carbons (Fsp3) is 0.375. The van der Waals surface area contributed by atoms with Crippen molar-refractivity contribution in [3.63, 3.8) is 0 Å².